The van der Waals surface area contributed by atoms with E-state index in [4.69, 9.17) is 10.5 Å². The number of carbonyl (C=O) groups excluding carboxylic acids is 1. The molecule has 0 aliphatic heterocycles. The highest BCUT2D eigenvalue weighted by molar-refractivity contribution is 5.89. The van der Waals surface area contributed by atoms with Crippen molar-refractivity contribution in [1.82, 2.24) is 5.32 Å². The van der Waals surface area contributed by atoms with Gasteiger partial charge in [0.2, 0.25) is 5.91 Å². The van der Waals surface area contributed by atoms with Crippen molar-refractivity contribution in [1.29, 1.82) is 0 Å². The van der Waals surface area contributed by atoms with Crippen LogP contribution in [0.15, 0.2) is 30.3 Å². The quantitative estimate of drug-likeness (QED) is 0.795. The van der Waals surface area contributed by atoms with E-state index in [1.54, 1.807) is 0 Å². The van der Waals surface area contributed by atoms with Crippen LogP contribution in [0.3, 0.4) is 0 Å². The number of nitrogens with two attached hydrogens (primary N) is 1. The van der Waals surface area contributed by atoms with E-state index >= 15 is 0 Å². The number of amides is 1. The molecule has 3 atom stereocenters. The second-order valence-electron chi connectivity index (χ2n) is 8.67. The van der Waals surface area contributed by atoms with Crippen molar-refractivity contribution in [2.75, 3.05) is 6.61 Å². The summed E-state index contributed by atoms with van der Waals surface area (Å²) in [5.74, 6) is -0.0650. The lowest BCUT2D eigenvalue weighted by molar-refractivity contribution is -0.171. The third-order valence-corrected chi connectivity index (χ3v) is 5.98. The van der Waals surface area contributed by atoms with Gasteiger partial charge >= 0.3 is 0 Å². The topological polar surface area (TPSA) is 64.3 Å². The van der Waals surface area contributed by atoms with Gasteiger partial charge in [0.25, 0.3) is 0 Å². The molecule has 1 amide bonds. The second-order valence-corrected chi connectivity index (χ2v) is 8.67. The highest BCUT2D eigenvalue weighted by Gasteiger charge is 2.62. The monoisotopic (exact) mass is 346 g/mol. The van der Waals surface area contributed by atoms with Gasteiger partial charge in [0.1, 0.15) is 5.54 Å². The molecule has 1 aromatic carbocycles. The normalized spacial score (nSPS) is 26.6. The van der Waals surface area contributed by atoms with Crippen molar-refractivity contribution in [2.24, 2.45) is 11.1 Å². The van der Waals surface area contributed by atoms with Gasteiger partial charge in [0.15, 0.2) is 0 Å². The summed E-state index contributed by atoms with van der Waals surface area (Å²) in [6, 6.07) is 10.5. The van der Waals surface area contributed by atoms with Gasteiger partial charge in [-0.1, -0.05) is 58.0 Å². The molecule has 3 N–H and O–H groups in total. The Balaban J connectivity index is 1.99. The fraction of sp³-hybridized carbons (Fsp3) is 0.667. The molecular formula is C21H34N2O2. The predicted octanol–water partition coefficient (Wildman–Crippen LogP) is 3.39. The Kier molecular flexibility index (Phi) is 5.65. The molecule has 1 aromatic rings. The summed E-state index contributed by atoms with van der Waals surface area (Å²) in [7, 11) is 0. The lowest BCUT2D eigenvalue weighted by Crippen LogP contribution is -2.76. The summed E-state index contributed by atoms with van der Waals surface area (Å²) < 4.78 is 5.72. The molecule has 3 unspecified atom stereocenters. The van der Waals surface area contributed by atoms with E-state index in [0.29, 0.717) is 13.0 Å². The Morgan fingerprint density at radius 1 is 1.36 bits per heavy atom. The van der Waals surface area contributed by atoms with Gasteiger partial charge < -0.3 is 15.8 Å². The molecule has 1 fully saturated rings. The Morgan fingerprint density at radius 2 is 1.96 bits per heavy atom. The minimum atomic E-state index is -0.863. The Bertz CT molecular complexity index is 597. The molecule has 0 spiro atoms. The van der Waals surface area contributed by atoms with E-state index in [1.807, 2.05) is 26.8 Å². The van der Waals surface area contributed by atoms with E-state index in [9.17, 15) is 4.79 Å². The first kappa shape index (κ1) is 19.9. The van der Waals surface area contributed by atoms with Crippen LogP contribution in [-0.4, -0.2) is 30.2 Å². The molecule has 1 aliphatic rings. The molecule has 0 aromatic heterocycles. The summed E-state index contributed by atoms with van der Waals surface area (Å²) in [4.78, 5) is 12.9. The van der Waals surface area contributed by atoms with Gasteiger partial charge in [0.05, 0.1) is 6.10 Å². The average Bonchev–Trinajstić information content (AvgIpc) is 2.54. The maximum absolute atomic E-state index is 12.9. The summed E-state index contributed by atoms with van der Waals surface area (Å²) in [5.41, 5.74) is 6.52. The third kappa shape index (κ3) is 3.75. The number of nitrogens with one attached hydrogen (secondary N) is 1. The number of benzene rings is 1. The van der Waals surface area contributed by atoms with E-state index < -0.39 is 5.54 Å². The standard InChI is InChI=1S/C21H34N2O2/c1-7-25-17-14-21(22,20(17,5)6)18(24)23-15(2)13-19(3,4)16-11-9-8-10-12-16/h8-12,15,17H,7,13-14,22H2,1-6H3,(H,23,24). The van der Waals surface area contributed by atoms with Gasteiger partial charge in [-0.15, -0.1) is 0 Å². The van der Waals surface area contributed by atoms with Crippen molar-refractivity contribution < 1.29 is 9.53 Å². The van der Waals surface area contributed by atoms with Gasteiger partial charge in [-0.05, 0) is 31.2 Å². The summed E-state index contributed by atoms with van der Waals surface area (Å²) in [5, 5.41) is 3.15. The van der Waals surface area contributed by atoms with E-state index in [-0.39, 0.29) is 28.9 Å². The maximum atomic E-state index is 12.9. The summed E-state index contributed by atoms with van der Waals surface area (Å²) in [6.07, 6.45) is 1.48. The molecule has 140 valence electrons. The third-order valence-electron chi connectivity index (χ3n) is 5.98. The molecular weight excluding hydrogens is 312 g/mol. The fourth-order valence-electron chi connectivity index (χ4n) is 4.00. The van der Waals surface area contributed by atoms with Crippen molar-refractivity contribution in [3.8, 4) is 0 Å². The van der Waals surface area contributed by atoms with Crippen LogP contribution >= 0.6 is 0 Å². The lowest BCUT2D eigenvalue weighted by atomic mass is 9.54. The smallest absolute Gasteiger partial charge is 0.241 e. The van der Waals surface area contributed by atoms with Crippen LogP contribution < -0.4 is 11.1 Å². The van der Waals surface area contributed by atoms with Crippen LogP contribution in [0.2, 0.25) is 0 Å². The molecule has 1 saturated carbocycles. The first-order valence-electron chi connectivity index (χ1n) is 9.31. The van der Waals surface area contributed by atoms with Gasteiger partial charge in [-0.25, -0.2) is 0 Å². The zero-order valence-electron chi connectivity index (χ0n) is 16.6. The van der Waals surface area contributed by atoms with Gasteiger partial charge in [0, 0.05) is 24.5 Å². The number of rotatable bonds is 7. The van der Waals surface area contributed by atoms with E-state index in [2.05, 4.69) is 50.4 Å². The SMILES string of the molecule is CCOC1CC(N)(C(=O)NC(C)CC(C)(C)c2ccccc2)C1(C)C. The minimum Gasteiger partial charge on any atom is -0.378 e. The summed E-state index contributed by atoms with van der Waals surface area (Å²) in [6.45, 7) is 13.1. The highest BCUT2D eigenvalue weighted by Crippen LogP contribution is 2.50. The predicted molar refractivity (Wildman–Crippen MR) is 102 cm³/mol. The van der Waals surface area contributed by atoms with Crippen molar-refractivity contribution >= 4 is 5.91 Å². The zero-order valence-corrected chi connectivity index (χ0v) is 16.6. The van der Waals surface area contributed by atoms with Crippen molar-refractivity contribution in [2.45, 2.75) is 77.5 Å². The van der Waals surface area contributed by atoms with Crippen LogP contribution in [0.1, 0.15) is 59.9 Å². The number of ether oxygens (including phenoxy) is 1. The van der Waals surface area contributed by atoms with Crippen molar-refractivity contribution in [3.63, 3.8) is 0 Å². The maximum Gasteiger partial charge on any atom is 0.241 e. The summed E-state index contributed by atoms with van der Waals surface area (Å²) >= 11 is 0. The van der Waals surface area contributed by atoms with E-state index in [0.717, 1.165) is 6.42 Å². The molecule has 0 bridgehead atoms. The molecule has 4 nitrogen and oxygen atoms in total. The largest absolute Gasteiger partial charge is 0.378 e. The zero-order chi connectivity index (χ0) is 18.9. The molecule has 25 heavy (non-hydrogen) atoms. The number of carbonyl (C=O) groups is 1. The molecule has 0 saturated heterocycles. The van der Waals surface area contributed by atoms with Crippen LogP contribution in [-0.2, 0) is 14.9 Å². The molecule has 0 radical (unpaired) electrons. The van der Waals surface area contributed by atoms with E-state index in [1.165, 1.54) is 5.56 Å². The lowest BCUT2D eigenvalue weighted by Gasteiger charge is -2.57. The highest BCUT2D eigenvalue weighted by atomic mass is 16.5. The molecule has 0 heterocycles. The van der Waals surface area contributed by atoms with Crippen molar-refractivity contribution in [3.05, 3.63) is 35.9 Å². The minimum absolute atomic E-state index is 0.0152. The Labute approximate surface area is 152 Å². The number of hydrogen-bond donors (Lipinski definition) is 2. The Morgan fingerprint density at radius 3 is 2.48 bits per heavy atom. The van der Waals surface area contributed by atoms with Gasteiger partial charge in [-0.3, -0.25) is 4.79 Å². The molecule has 1 aliphatic carbocycles. The van der Waals surface area contributed by atoms with Crippen LogP contribution in [0, 0.1) is 5.41 Å². The van der Waals surface area contributed by atoms with Crippen LogP contribution in [0.4, 0.5) is 0 Å². The van der Waals surface area contributed by atoms with Crippen LogP contribution in [0.25, 0.3) is 0 Å². The Hall–Kier alpha value is -1.39. The average molecular weight is 347 g/mol. The molecule has 4 heteroatoms. The fourth-order valence-corrected chi connectivity index (χ4v) is 4.00. The van der Waals surface area contributed by atoms with Gasteiger partial charge in [-0.2, -0.15) is 0 Å². The number of hydrogen-bond acceptors (Lipinski definition) is 3. The second kappa shape index (κ2) is 7.08. The van der Waals surface area contributed by atoms with Crippen LogP contribution in [0.5, 0.6) is 0 Å². The molecule has 2 rings (SSSR count). The first-order valence-corrected chi connectivity index (χ1v) is 9.31. The first-order chi connectivity index (χ1) is 11.5.